The van der Waals surface area contributed by atoms with Gasteiger partial charge in [-0.2, -0.15) is 0 Å². The van der Waals surface area contributed by atoms with E-state index >= 15 is 0 Å². The number of allylic oxidation sites excluding steroid dienone is 14. The van der Waals surface area contributed by atoms with E-state index in [0.29, 0.717) is 11.0 Å². The Morgan fingerprint density at radius 1 is 0.425 bits per heavy atom. The molecule has 0 rings (SSSR count). The molecule has 0 saturated carbocycles. The SMILES string of the molecule is CC/C=C\C/C=C\C/C=C\C/C=C\C/C=C\CCCCCCCCCCCCCCCCCCCCCC(=O)OC(COC(=O)CCCCCCC/C=C\C/C=C\CCC)COC(OCC[N+](C)(C)C)C(=O)O. The van der Waals surface area contributed by atoms with Crippen LogP contribution in [0.1, 0.15) is 245 Å². The zero-order valence-electron chi connectivity index (χ0n) is 47.8. The van der Waals surface area contributed by atoms with Crippen LogP contribution in [0.2, 0.25) is 0 Å². The van der Waals surface area contributed by atoms with Gasteiger partial charge in [-0.3, -0.25) is 9.59 Å². The highest BCUT2D eigenvalue weighted by Crippen LogP contribution is 2.16. The highest BCUT2D eigenvalue weighted by atomic mass is 16.7. The molecule has 0 aromatic heterocycles. The molecule has 0 bridgehead atoms. The van der Waals surface area contributed by atoms with E-state index in [1.807, 2.05) is 21.1 Å². The van der Waals surface area contributed by atoms with Gasteiger partial charge in [0.15, 0.2) is 6.10 Å². The van der Waals surface area contributed by atoms with Crippen molar-refractivity contribution in [2.45, 2.75) is 257 Å². The number of rotatable bonds is 54. The van der Waals surface area contributed by atoms with Gasteiger partial charge in [0, 0.05) is 12.8 Å². The first-order valence-corrected chi connectivity index (χ1v) is 29.8. The number of carboxylic acids is 1. The Kier molecular flexibility index (Phi) is 52.1. The number of unbranched alkanes of at least 4 members (excludes halogenated alkanes) is 25. The van der Waals surface area contributed by atoms with Crippen molar-refractivity contribution in [3.8, 4) is 0 Å². The number of carbonyl (C=O) groups is 3. The van der Waals surface area contributed by atoms with Crippen molar-refractivity contribution in [2.75, 3.05) is 47.5 Å². The molecular formula is C64H112NO8+. The summed E-state index contributed by atoms with van der Waals surface area (Å²) in [5.74, 6) is -2.02. The van der Waals surface area contributed by atoms with Gasteiger partial charge in [-0.15, -0.1) is 0 Å². The minimum absolute atomic E-state index is 0.184. The quantitative estimate of drug-likeness (QED) is 0.0211. The average molecular weight is 1020 g/mol. The first-order valence-electron chi connectivity index (χ1n) is 29.8. The maximum Gasteiger partial charge on any atom is 0.361 e. The van der Waals surface area contributed by atoms with Gasteiger partial charge in [-0.25, -0.2) is 4.79 Å². The van der Waals surface area contributed by atoms with Gasteiger partial charge in [0.05, 0.1) is 34.4 Å². The minimum Gasteiger partial charge on any atom is -0.477 e. The van der Waals surface area contributed by atoms with E-state index in [-0.39, 0.29) is 38.6 Å². The Bertz CT molecular complexity index is 1470. The second kappa shape index (κ2) is 54.7. The third kappa shape index (κ3) is 56.0. The third-order valence-electron chi connectivity index (χ3n) is 12.6. The third-order valence-corrected chi connectivity index (χ3v) is 12.6. The van der Waals surface area contributed by atoms with Crippen LogP contribution in [0.5, 0.6) is 0 Å². The summed E-state index contributed by atoms with van der Waals surface area (Å²) < 4.78 is 22.8. The van der Waals surface area contributed by atoms with Gasteiger partial charge in [-0.1, -0.05) is 234 Å². The Labute approximate surface area is 449 Å². The van der Waals surface area contributed by atoms with Crippen molar-refractivity contribution in [1.82, 2.24) is 0 Å². The standard InChI is InChI=1S/C64H111NO8/c1-6-8-10-12-14-16-18-20-21-22-23-24-25-26-27-28-29-30-31-32-33-34-35-36-37-38-39-40-41-43-45-47-49-51-53-55-62(67)73-60(59-72-64(63(68)69)70-57-56-65(3,4)5)58-71-61(66)54-52-50-48-46-44-42-19-17-15-13-11-9-7-2/h8,10-11,13-14,16-17,19-21,23-24,26-27,60,64H,6-7,9,12,15,18,22,25,28-59H2,1-5H3/p+1/b10-8-,13-11-,16-14-,19-17-,21-20-,24-23-,27-26-. The molecule has 2 unspecified atom stereocenters. The van der Waals surface area contributed by atoms with Crippen molar-refractivity contribution in [2.24, 2.45) is 0 Å². The number of carbonyl (C=O) groups excluding carboxylic acids is 2. The molecule has 9 nitrogen and oxygen atoms in total. The Hall–Kier alpha value is -3.53. The van der Waals surface area contributed by atoms with Crippen molar-refractivity contribution in [1.29, 1.82) is 0 Å². The van der Waals surface area contributed by atoms with Crippen LogP contribution in [0.15, 0.2) is 85.1 Å². The number of quaternary nitrogens is 1. The van der Waals surface area contributed by atoms with Crippen molar-refractivity contribution in [3.05, 3.63) is 85.1 Å². The highest BCUT2D eigenvalue weighted by Gasteiger charge is 2.25. The lowest BCUT2D eigenvalue weighted by atomic mass is 10.0. The molecule has 0 fully saturated rings. The summed E-state index contributed by atoms with van der Waals surface area (Å²) in [7, 11) is 5.96. The summed E-state index contributed by atoms with van der Waals surface area (Å²) in [6.45, 7) is 4.69. The number of nitrogens with zero attached hydrogens (tertiary/aromatic N) is 1. The summed E-state index contributed by atoms with van der Waals surface area (Å²) in [5, 5.41) is 9.69. The number of likely N-dealkylation sites (N-methyl/N-ethyl adjacent to an activating group) is 1. The molecule has 9 heteroatoms. The second-order valence-electron chi connectivity index (χ2n) is 20.9. The minimum atomic E-state index is -1.51. The summed E-state index contributed by atoms with van der Waals surface area (Å²) in [6, 6.07) is 0. The first-order chi connectivity index (χ1) is 35.6. The lowest BCUT2D eigenvalue weighted by Gasteiger charge is -2.25. The normalized spacial score (nSPS) is 13.4. The lowest BCUT2D eigenvalue weighted by Crippen LogP contribution is -2.40. The lowest BCUT2D eigenvalue weighted by molar-refractivity contribution is -0.870. The fraction of sp³-hybridized carbons (Fsp3) is 0.734. The van der Waals surface area contributed by atoms with Gasteiger partial charge >= 0.3 is 17.9 Å². The molecular weight excluding hydrogens is 911 g/mol. The topological polar surface area (TPSA) is 108 Å². The van der Waals surface area contributed by atoms with E-state index in [1.54, 1.807) is 0 Å². The zero-order chi connectivity index (χ0) is 53.4. The molecule has 0 aliphatic rings. The van der Waals surface area contributed by atoms with Gasteiger partial charge in [0.2, 0.25) is 0 Å². The molecule has 0 saturated heterocycles. The number of esters is 2. The van der Waals surface area contributed by atoms with E-state index in [4.69, 9.17) is 18.9 Å². The highest BCUT2D eigenvalue weighted by molar-refractivity contribution is 5.71. The van der Waals surface area contributed by atoms with Crippen molar-refractivity contribution < 1.29 is 42.9 Å². The molecule has 0 amide bonds. The van der Waals surface area contributed by atoms with Crippen molar-refractivity contribution in [3.63, 3.8) is 0 Å². The molecule has 1 N–H and O–H groups in total. The molecule has 0 aromatic rings. The molecule has 0 heterocycles. The number of hydrogen-bond donors (Lipinski definition) is 1. The van der Waals surface area contributed by atoms with E-state index in [1.165, 1.54) is 116 Å². The number of ether oxygens (including phenoxy) is 4. The molecule has 420 valence electrons. The van der Waals surface area contributed by atoms with Crippen LogP contribution >= 0.6 is 0 Å². The van der Waals surface area contributed by atoms with Crippen LogP contribution in [0.4, 0.5) is 0 Å². The zero-order valence-corrected chi connectivity index (χ0v) is 47.8. The van der Waals surface area contributed by atoms with Gasteiger partial charge < -0.3 is 28.5 Å². The maximum absolute atomic E-state index is 12.9. The van der Waals surface area contributed by atoms with E-state index < -0.39 is 24.3 Å². The monoisotopic (exact) mass is 1020 g/mol. The van der Waals surface area contributed by atoms with E-state index in [0.717, 1.165) is 103 Å². The predicted molar refractivity (Wildman–Crippen MR) is 309 cm³/mol. The van der Waals surface area contributed by atoms with Crippen LogP contribution in [0.3, 0.4) is 0 Å². The van der Waals surface area contributed by atoms with Gasteiger partial charge in [0.25, 0.3) is 6.29 Å². The summed E-state index contributed by atoms with van der Waals surface area (Å²) in [6.07, 6.45) is 69.7. The molecule has 0 spiro atoms. The number of hydrogen-bond acceptors (Lipinski definition) is 7. The van der Waals surface area contributed by atoms with Gasteiger partial charge in [-0.05, 0) is 83.5 Å². The Morgan fingerprint density at radius 2 is 0.781 bits per heavy atom. The summed E-state index contributed by atoms with van der Waals surface area (Å²) >= 11 is 0. The molecule has 2 atom stereocenters. The smallest absolute Gasteiger partial charge is 0.361 e. The maximum atomic E-state index is 12.9. The number of aliphatic carboxylic acids is 1. The van der Waals surface area contributed by atoms with Crippen LogP contribution in [0, 0.1) is 0 Å². The fourth-order valence-electron chi connectivity index (χ4n) is 8.08. The Balaban J connectivity index is 4.06. The molecule has 0 aromatic carbocycles. The Morgan fingerprint density at radius 3 is 1.16 bits per heavy atom. The van der Waals surface area contributed by atoms with Crippen LogP contribution in [0.25, 0.3) is 0 Å². The molecule has 73 heavy (non-hydrogen) atoms. The molecule has 0 aliphatic carbocycles. The molecule has 0 aliphatic heterocycles. The second-order valence-corrected chi connectivity index (χ2v) is 20.9. The molecule has 0 radical (unpaired) electrons. The fourth-order valence-corrected chi connectivity index (χ4v) is 8.08. The van der Waals surface area contributed by atoms with E-state index in [9.17, 15) is 19.5 Å². The number of carboxylic acid groups (broad SMARTS) is 1. The summed E-state index contributed by atoms with van der Waals surface area (Å²) in [5.41, 5.74) is 0. The predicted octanol–water partition coefficient (Wildman–Crippen LogP) is 17.6. The van der Waals surface area contributed by atoms with E-state index in [2.05, 4.69) is 98.9 Å². The summed E-state index contributed by atoms with van der Waals surface area (Å²) in [4.78, 5) is 37.3. The van der Waals surface area contributed by atoms with Crippen LogP contribution in [-0.2, 0) is 33.3 Å². The van der Waals surface area contributed by atoms with Gasteiger partial charge in [0.1, 0.15) is 13.2 Å². The van der Waals surface area contributed by atoms with Crippen LogP contribution < -0.4 is 0 Å². The van der Waals surface area contributed by atoms with Crippen LogP contribution in [-0.4, -0.2) is 87.4 Å². The first kappa shape index (κ1) is 69.5. The van der Waals surface area contributed by atoms with Crippen molar-refractivity contribution >= 4 is 17.9 Å². The largest absolute Gasteiger partial charge is 0.477 e. The average Bonchev–Trinajstić information content (AvgIpc) is 3.36.